The molecule has 0 unspecified atom stereocenters. The Morgan fingerprint density at radius 1 is 1.04 bits per heavy atom. The lowest BCUT2D eigenvalue weighted by atomic mass is 10.3. The summed E-state index contributed by atoms with van der Waals surface area (Å²) < 4.78 is 10.8. The fourth-order valence-electron chi connectivity index (χ4n) is 1.92. The predicted molar refractivity (Wildman–Crippen MR) is 97.5 cm³/mol. The molecule has 0 aliphatic carbocycles. The summed E-state index contributed by atoms with van der Waals surface area (Å²) in [7, 11) is 0. The van der Waals surface area contributed by atoms with Crippen molar-refractivity contribution in [1.29, 1.82) is 0 Å². The summed E-state index contributed by atoms with van der Waals surface area (Å²) in [4.78, 5) is 12.1. The Kier molecular flexibility index (Phi) is 7.18. The van der Waals surface area contributed by atoms with Crippen molar-refractivity contribution in [2.45, 2.75) is 6.92 Å². The maximum atomic E-state index is 12.1. The van der Waals surface area contributed by atoms with Crippen LogP contribution in [0.5, 0.6) is 5.75 Å². The van der Waals surface area contributed by atoms with Crippen molar-refractivity contribution < 1.29 is 14.3 Å². The Morgan fingerprint density at radius 2 is 1.79 bits per heavy atom. The number of hydrogen-bond acceptors (Lipinski definition) is 3. The molecule has 0 heterocycles. The van der Waals surface area contributed by atoms with Gasteiger partial charge in [0.15, 0.2) is 5.75 Å². The van der Waals surface area contributed by atoms with Gasteiger partial charge in [0.2, 0.25) is 0 Å². The van der Waals surface area contributed by atoms with Gasteiger partial charge in [-0.05, 0) is 43.3 Å². The molecule has 2 aromatic carbocycles. The topological polar surface area (TPSA) is 59.6 Å². The van der Waals surface area contributed by atoms with Gasteiger partial charge < -0.3 is 20.1 Å². The average Bonchev–Trinajstić information content (AvgIpc) is 2.56. The zero-order valence-corrected chi connectivity index (χ0v) is 14.7. The van der Waals surface area contributed by atoms with Crippen LogP contribution in [0.15, 0.2) is 42.5 Å². The molecule has 0 radical (unpaired) electrons. The summed E-state index contributed by atoms with van der Waals surface area (Å²) in [5.74, 6) is 0.408. The molecule has 128 valence electrons. The number of anilines is 2. The van der Waals surface area contributed by atoms with Gasteiger partial charge in [-0.2, -0.15) is 0 Å². The van der Waals surface area contributed by atoms with Crippen LogP contribution in [0.4, 0.5) is 16.2 Å². The van der Waals surface area contributed by atoms with Gasteiger partial charge in [-0.1, -0.05) is 29.3 Å². The van der Waals surface area contributed by atoms with E-state index in [-0.39, 0.29) is 0 Å². The number of halogens is 2. The number of hydrogen-bond donors (Lipinski definition) is 2. The van der Waals surface area contributed by atoms with E-state index < -0.39 is 6.03 Å². The van der Waals surface area contributed by atoms with E-state index in [0.29, 0.717) is 47.0 Å². The van der Waals surface area contributed by atoms with Gasteiger partial charge in [0.25, 0.3) is 0 Å². The standard InChI is InChI=1S/C17H18Cl2N2O3/c1-2-23-10-11-24-16-14(19)4-3-5-15(16)21-17(22)20-13-8-6-12(18)7-9-13/h3-9H,2,10-11H2,1H3,(H2,20,21,22). The summed E-state index contributed by atoms with van der Waals surface area (Å²) in [5, 5.41) is 6.44. The fraction of sp³-hybridized carbons (Fsp3) is 0.235. The molecule has 0 aliphatic rings. The average molecular weight is 369 g/mol. The van der Waals surface area contributed by atoms with Crippen molar-refractivity contribution in [1.82, 2.24) is 0 Å². The smallest absolute Gasteiger partial charge is 0.323 e. The third-order valence-corrected chi connectivity index (χ3v) is 3.55. The Balaban J connectivity index is 2.01. The number of benzene rings is 2. The number of ether oxygens (including phenoxy) is 2. The van der Waals surface area contributed by atoms with Crippen LogP contribution < -0.4 is 15.4 Å². The lowest BCUT2D eigenvalue weighted by molar-refractivity contribution is 0.110. The van der Waals surface area contributed by atoms with Gasteiger partial charge in [0, 0.05) is 17.3 Å². The number of carbonyl (C=O) groups excluding carboxylic acids is 1. The largest absolute Gasteiger partial charge is 0.487 e. The van der Waals surface area contributed by atoms with E-state index in [1.807, 2.05) is 6.92 Å². The number of urea groups is 1. The quantitative estimate of drug-likeness (QED) is 0.672. The van der Waals surface area contributed by atoms with Crippen molar-refractivity contribution in [2.75, 3.05) is 30.5 Å². The van der Waals surface area contributed by atoms with E-state index in [0.717, 1.165) is 0 Å². The van der Waals surface area contributed by atoms with Crippen LogP contribution in [0.1, 0.15) is 6.92 Å². The molecular weight excluding hydrogens is 351 g/mol. The van der Waals surface area contributed by atoms with E-state index in [4.69, 9.17) is 32.7 Å². The first-order chi connectivity index (χ1) is 11.6. The maximum Gasteiger partial charge on any atom is 0.323 e. The van der Waals surface area contributed by atoms with Gasteiger partial charge >= 0.3 is 6.03 Å². The minimum Gasteiger partial charge on any atom is -0.487 e. The van der Waals surface area contributed by atoms with Crippen LogP contribution in [0.25, 0.3) is 0 Å². The normalized spacial score (nSPS) is 10.3. The molecule has 0 spiro atoms. The summed E-state index contributed by atoms with van der Waals surface area (Å²) in [6.07, 6.45) is 0. The summed E-state index contributed by atoms with van der Waals surface area (Å²) >= 11 is 12.0. The highest BCUT2D eigenvalue weighted by Gasteiger charge is 2.11. The van der Waals surface area contributed by atoms with Crippen LogP contribution in [0.3, 0.4) is 0 Å². The summed E-state index contributed by atoms with van der Waals surface area (Å²) in [5.41, 5.74) is 1.10. The number of amides is 2. The van der Waals surface area contributed by atoms with Crippen molar-refractivity contribution in [2.24, 2.45) is 0 Å². The molecule has 7 heteroatoms. The molecule has 2 amide bonds. The van der Waals surface area contributed by atoms with Gasteiger partial charge in [0.1, 0.15) is 6.61 Å². The van der Waals surface area contributed by atoms with Gasteiger partial charge in [-0.25, -0.2) is 4.79 Å². The number of nitrogens with one attached hydrogen (secondary N) is 2. The van der Waals surface area contributed by atoms with Gasteiger partial charge in [-0.3, -0.25) is 0 Å². The second-order valence-electron chi connectivity index (χ2n) is 4.75. The molecule has 0 saturated heterocycles. The molecule has 0 aliphatic heterocycles. The van der Waals surface area contributed by atoms with Crippen LogP contribution in [0, 0.1) is 0 Å². The van der Waals surface area contributed by atoms with Crippen LogP contribution in [-0.4, -0.2) is 25.9 Å². The lowest BCUT2D eigenvalue weighted by Gasteiger charge is -2.14. The Labute approximate surface area is 150 Å². The second-order valence-corrected chi connectivity index (χ2v) is 5.59. The van der Waals surface area contributed by atoms with E-state index in [1.54, 1.807) is 42.5 Å². The van der Waals surface area contributed by atoms with Gasteiger partial charge in [0.05, 0.1) is 17.3 Å². The highest BCUT2D eigenvalue weighted by Crippen LogP contribution is 2.33. The third-order valence-electron chi connectivity index (χ3n) is 3.00. The molecule has 24 heavy (non-hydrogen) atoms. The minimum absolute atomic E-state index is 0.338. The number of para-hydroxylation sites is 1. The van der Waals surface area contributed by atoms with Crippen LogP contribution >= 0.6 is 23.2 Å². The van der Waals surface area contributed by atoms with Crippen molar-refractivity contribution >= 4 is 40.6 Å². The minimum atomic E-state index is -0.408. The lowest BCUT2D eigenvalue weighted by Crippen LogP contribution is -2.20. The second kappa shape index (κ2) is 9.37. The zero-order valence-electron chi connectivity index (χ0n) is 13.1. The molecule has 0 aromatic heterocycles. The molecule has 2 aromatic rings. The highest BCUT2D eigenvalue weighted by molar-refractivity contribution is 6.32. The van der Waals surface area contributed by atoms with E-state index in [2.05, 4.69) is 10.6 Å². The predicted octanol–water partition coefficient (Wildman–Crippen LogP) is 5.05. The first kappa shape index (κ1) is 18.4. The van der Waals surface area contributed by atoms with Crippen molar-refractivity contribution in [3.05, 3.63) is 52.5 Å². The summed E-state index contributed by atoms with van der Waals surface area (Å²) in [6.45, 7) is 3.30. The first-order valence-corrected chi connectivity index (χ1v) is 8.18. The monoisotopic (exact) mass is 368 g/mol. The Morgan fingerprint density at radius 3 is 2.50 bits per heavy atom. The molecule has 0 bridgehead atoms. The van der Waals surface area contributed by atoms with Gasteiger partial charge in [-0.15, -0.1) is 0 Å². The molecule has 5 nitrogen and oxygen atoms in total. The molecule has 2 rings (SSSR count). The van der Waals surface area contributed by atoms with E-state index >= 15 is 0 Å². The third kappa shape index (κ3) is 5.60. The SMILES string of the molecule is CCOCCOc1c(Cl)cccc1NC(=O)Nc1ccc(Cl)cc1. The molecular formula is C17H18Cl2N2O3. The van der Waals surface area contributed by atoms with Crippen LogP contribution in [0.2, 0.25) is 10.0 Å². The number of carbonyl (C=O) groups is 1. The Hall–Kier alpha value is -1.95. The first-order valence-electron chi connectivity index (χ1n) is 7.42. The Bertz CT molecular complexity index is 678. The fourth-order valence-corrected chi connectivity index (χ4v) is 2.27. The van der Waals surface area contributed by atoms with Crippen molar-refractivity contribution in [3.63, 3.8) is 0 Å². The summed E-state index contributed by atoms with van der Waals surface area (Å²) in [6, 6.07) is 11.5. The van der Waals surface area contributed by atoms with Crippen molar-refractivity contribution in [3.8, 4) is 5.75 Å². The van der Waals surface area contributed by atoms with E-state index in [9.17, 15) is 4.79 Å². The maximum absolute atomic E-state index is 12.1. The molecule has 0 fully saturated rings. The number of rotatable bonds is 7. The zero-order chi connectivity index (χ0) is 17.4. The molecule has 2 N–H and O–H groups in total. The molecule has 0 saturated carbocycles. The molecule has 0 atom stereocenters. The highest BCUT2D eigenvalue weighted by atomic mass is 35.5. The van der Waals surface area contributed by atoms with Crippen LogP contribution in [-0.2, 0) is 4.74 Å². The van der Waals surface area contributed by atoms with E-state index in [1.165, 1.54) is 0 Å².